The molecule has 1 unspecified atom stereocenters. The normalized spacial score (nSPS) is 14.1. The minimum atomic E-state index is -2.37. The van der Waals surface area contributed by atoms with Crippen LogP contribution in [-0.2, 0) is 8.85 Å². The monoisotopic (exact) mass is 248 g/mol. The van der Waals surface area contributed by atoms with Crippen LogP contribution in [-0.4, -0.2) is 32.6 Å². The fourth-order valence-electron chi connectivity index (χ4n) is 1.44. The van der Waals surface area contributed by atoms with Crippen molar-refractivity contribution < 1.29 is 14.0 Å². The molecule has 0 saturated carbocycles. The third-order valence-electron chi connectivity index (χ3n) is 2.77. The smallest absolute Gasteiger partial charge is 0.364 e. The topological polar surface area (TPSA) is 38.7 Å². The molecule has 0 aliphatic rings. The minimum absolute atomic E-state index is 0.416. The fraction of sp³-hybridized carbons (Fsp3) is 1.00. The fourth-order valence-corrected chi connectivity index (χ4v) is 3.75. The van der Waals surface area contributed by atoms with E-state index in [4.69, 9.17) is 8.85 Å². The molecule has 0 spiro atoms. The number of hydrogen-bond acceptors (Lipinski definition) is 3. The zero-order valence-corrected chi connectivity index (χ0v) is 12.3. The molecule has 16 heavy (non-hydrogen) atoms. The molecular weight excluding hydrogens is 220 g/mol. The zero-order chi connectivity index (χ0) is 12.4. The van der Waals surface area contributed by atoms with E-state index in [1.807, 2.05) is 13.5 Å². The summed E-state index contributed by atoms with van der Waals surface area (Å²) in [6.45, 7) is 9.65. The molecule has 0 aromatic heterocycles. The van der Waals surface area contributed by atoms with Crippen LogP contribution in [0.15, 0.2) is 0 Å². The highest BCUT2D eigenvalue weighted by atomic mass is 28.4. The van der Waals surface area contributed by atoms with Gasteiger partial charge in [-0.15, -0.1) is 0 Å². The molecule has 0 radical (unpaired) electrons. The summed E-state index contributed by atoms with van der Waals surface area (Å²) in [4.78, 5) is 0. The predicted molar refractivity (Wildman–Crippen MR) is 69.6 cm³/mol. The quantitative estimate of drug-likeness (QED) is 0.477. The lowest BCUT2D eigenvalue weighted by Crippen LogP contribution is -2.51. The van der Waals surface area contributed by atoms with Crippen molar-refractivity contribution in [3.8, 4) is 0 Å². The van der Waals surface area contributed by atoms with Crippen LogP contribution < -0.4 is 0 Å². The summed E-state index contributed by atoms with van der Waals surface area (Å²) in [6, 6.07) is 0. The Balaban J connectivity index is 4.13. The molecule has 3 nitrogen and oxygen atoms in total. The van der Waals surface area contributed by atoms with E-state index in [-0.39, 0.29) is 0 Å². The van der Waals surface area contributed by atoms with Crippen molar-refractivity contribution in [1.29, 1.82) is 0 Å². The van der Waals surface area contributed by atoms with Crippen molar-refractivity contribution in [3.05, 3.63) is 0 Å². The van der Waals surface area contributed by atoms with Crippen molar-refractivity contribution in [2.45, 2.75) is 65.1 Å². The molecule has 0 saturated heterocycles. The summed E-state index contributed by atoms with van der Waals surface area (Å²) < 4.78 is 11.7. The summed E-state index contributed by atoms with van der Waals surface area (Å²) >= 11 is 0. The maximum absolute atomic E-state index is 9.99. The maximum Gasteiger partial charge on any atom is 0.364 e. The summed E-state index contributed by atoms with van der Waals surface area (Å²) in [5.74, 6) is 0. The molecule has 0 amide bonds. The van der Waals surface area contributed by atoms with Crippen LogP contribution >= 0.6 is 0 Å². The molecule has 0 fully saturated rings. The van der Waals surface area contributed by atoms with Gasteiger partial charge in [-0.3, -0.25) is 0 Å². The van der Waals surface area contributed by atoms with E-state index in [1.165, 1.54) is 0 Å². The highest BCUT2D eigenvalue weighted by molar-refractivity contribution is 6.67. The highest BCUT2D eigenvalue weighted by Crippen LogP contribution is 2.16. The van der Waals surface area contributed by atoms with E-state index in [2.05, 4.69) is 13.8 Å². The second kappa shape index (κ2) is 9.16. The van der Waals surface area contributed by atoms with E-state index in [0.29, 0.717) is 19.6 Å². The van der Waals surface area contributed by atoms with Gasteiger partial charge in [-0.1, -0.05) is 33.6 Å². The molecule has 0 aromatic carbocycles. The number of aliphatic hydroxyl groups is 1. The molecule has 0 aromatic rings. The molecule has 1 atom stereocenters. The SMILES string of the molecule is CCCCO[Si](C)(OCCCC)C(O)CC. The molecular formula is C12H28O3Si. The van der Waals surface area contributed by atoms with Gasteiger partial charge in [0.2, 0.25) is 0 Å². The first-order valence-electron chi connectivity index (χ1n) is 6.56. The van der Waals surface area contributed by atoms with Crippen molar-refractivity contribution in [2.24, 2.45) is 0 Å². The van der Waals surface area contributed by atoms with Crippen molar-refractivity contribution in [1.82, 2.24) is 0 Å². The highest BCUT2D eigenvalue weighted by Gasteiger charge is 2.39. The third kappa shape index (κ3) is 5.99. The first kappa shape index (κ1) is 16.1. The predicted octanol–water partition coefficient (Wildman–Crippen LogP) is 3.00. The van der Waals surface area contributed by atoms with Gasteiger partial charge in [-0.2, -0.15) is 0 Å². The molecule has 0 heterocycles. The molecule has 4 heteroatoms. The van der Waals surface area contributed by atoms with Crippen molar-refractivity contribution in [2.75, 3.05) is 13.2 Å². The summed E-state index contributed by atoms with van der Waals surface area (Å²) in [6.07, 6.45) is 5.01. The average molecular weight is 248 g/mol. The van der Waals surface area contributed by atoms with Gasteiger partial charge < -0.3 is 14.0 Å². The first-order chi connectivity index (χ1) is 7.60. The number of unbranched alkanes of at least 4 members (excludes halogenated alkanes) is 2. The first-order valence-corrected chi connectivity index (χ1v) is 8.96. The van der Waals surface area contributed by atoms with Gasteiger partial charge in [0.1, 0.15) is 0 Å². The van der Waals surface area contributed by atoms with E-state index in [1.54, 1.807) is 0 Å². The van der Waals surface area contributed by atoms with Crippen LogP contribution in [0.3, 0.4) is 0 Å². The van der Waals surface area contributed by atoms with Crippen molar-refractivity contribution in [3.63, 3.8) is 0 Å². The number of rotatable bonds is 10. The lowest BCUT2D eigenvalue weighted by molar-refractivity contribution is 0.103. The summed E-state index contributed by atoms with van der Waals surface area (Å²) in [7, 11) is -2.37. The largest absolute Gasteiger partial charge is 0.393 e. The Labute approximate surface area is 101 Å². The Bertz CT molecular complexity index is 154. The molecule has 0 rings (SSSR count). The van der Waals surface area contributed by atoms with Crippen LogP contribution in [0.5, 0.6) is 0 Å². The number of hydrogen-bond donors (Lipinski definition) is 1. The Hall–Kier alpha value is 0.0969. The Morgan fingerprint density at radius 3 is 1.75 bits per heavy atom. The number of aliphatic hydroxyl groups excluding tert-OH is 1. The molecule has 0 aliphatic carbocycles. The van der Waals surface area contributed by atoms with Crippen LogP contribution in [0, 0.1) is 0 Å². The Kier molecular flexibility index (Phi) is 9.22. The summed E-state index contributed by atoms with van der Waals surface area (Å²) in [5.41, 5.74) is -0.416. The van der Waals surface area contributed by atoms with Gasteiger partial charge in [0.05, 0.1) is 5.73 Å². The van der Waals surface area contributed by atoms with Gasteiger partial charge in [0.15, 0.2) is 0 Å². The van der Waals surface area contributed by atoms with Gasteiger partial charge in [-0.05, 0) is 25.8 Å². The maximum atomic E-state index is 9.99. The van der Waals surface area contributed by atoms with Crippen LogP contribution in [0.1, 0.15) is 52.9 Å². The summed E-state index contributed by atoms with van der Waals surface area (Å²) in [5, 5.41) is 9.99. The van der Waals surface area contributed by atoms with Crippen molar-refractivity contribution >= 4 is 8.56 Å². The van der Waals surface area contributed by atoms with Gasteiger partial charge >= 0.3 is 8.56 Å². The molecule has 98 valence electrons. The lowest BCUT2D eigenvalue weighted by atomic mass is 10.4. The molecule has 0 bridgehead atoms. The van der Waals surface area contributed by atoms with Crippen LogP contribution in [0.4, 0.5) is 0 Å². The standard InChI is InChI=1S/C12H28O3Si/c1-5-8-10-14-16(4,12(13)7-3)15-11-9-6-2/h12-13H,5-11H2,1-4H3. The lowest BCUT2D eigenvalue weighted by Gasteiger charge is -2.31. The zero-order valence-electron chi connectivity index (χ0n) is 11.3. The van der Waals surface area contributed by atoms with Crippen LogP contribution in [0.25, 0.3) is 0 Å². The van der Waals surface area contributed by atoms with Gasteiger partial charge in [0.25, 0.3) is 0 Å². The van der Waals surface area contributed by atoms with E-state index >= 15 is 0 Å². The Morgan fingerprint density at radius 2 is 1.44 bits per heavy atom. The minimum Gasteiger partial charge on any atom is -0.393 e. The Morgan fingerprint density at radius 1 is 1.00 bits per heavy atom. The van der Waals surface area contributed by atoms with E-state index in [9.17, 15) is 5.11 Å². The second-order valence-corrected chi connectivity index (χ2v) is 7.62. The van der Waals surface area contributed by atoms with Gasteiger partial charge in [-0.25, -0.2) is 0 Å². The van der Waals surface area contributed by atoms with Gasteiger partial charge in [0, 0.05) is 13.2 Å². The van der Waals surface area contributed by atoms with E-state index in [0.717, 1.165) is 25.7 Å². The molecule has 1 N–H and O–H groups in total. The molecule has 0 aliphatic heterocycles. The average Bonchev–Trinajstić information content (AvgIpc) is 2.28. The third-order valence-corrected chi connectivity index (χ3v) is 5.94. The van der Waals surface area contributed by atoms with E-state index < -0.39 is 14.3 Å². The second-order valence-electron chi connectivity index (χ2n) is 4.34. The van der Waals surface area contributed by atoms with Crippen LogP contribution in [0.2, 0.25) is 6.55 Å².